The van der Waals surface area contributed by atoms with Gasteiger partial charge in [-0.25, -0.2) is 0 Å². The van der Waals surface area contributed by atoms with Crippen LogP contribution in [0.5, 0.6) is 0 Å². The summed E-state index contributed by atoms with van der Waals surface area (Å²) in [7, 11) is 0. The maximum Gasteiger partial charge on any atom is 0.179 e. The highest BCUT2D eigenvalue weighted by molar-refractivity contribution is 6.00. The summed E-state index contributed by atoms with van der Waals surface area (Å²) in [6.45, 7) is 6.43. The van der Waals surface area contributed by atoms with E-state index in [1.54, 1.807) is 0 Å². The van der Waals surface area contributed by atoms with E-state index < -0.39 is 0 Å². The number of rotatable bonds is 6. The second-order valence-electron chi connectivity index (χ2n) is 5.63. The van der Waals surface area contributed by atoms with E-state index in [9.17, 15) is 4.79 Å². The predicted octanol–water partition coefficient (Wildman–Crippen LogP) is 3.83. The van der Waals surface area contributed by atoms with Crippen molar-refractivity contribution >= 4 is 5.78 Å². The summed E-state index contributed by atoms with van der Waals surface area (Å²) in [4.78, 5) is 15.1. The molecule has 1 atom stereocenters. The van der Waals surface area contributed by atoms with E-state index in [0.29, 0.717) is 5.78 Å². The van der Waals surface area contributed by atoms with Gasteiger partial charge >= 0.3 is 0 Å². The number of aryl methyl sites for hydroxylation is 1. The van der Waals surface area contributed by atoms with E-state index in [4.69, 9.17) is 0 Å². The zero-order chi connectivity index (χ0) is 13.7. The van der Waals surface area contributed by atoms with Gasteiger partial charge in [-0.3, -0.25) is 9.69 Å². The van der Waals surface area contributed by atoms with E-state index in [-0.39, 0.29) is 6.04 Å². The molecule has 0 radical (unpaired) electrons. The molecule has 0 aromatic heterocycles. The van der Waals surface area contributed by atoms with Gasteiger partial charge in [0, 0.05) is 5.56 Å². The van der Waals surface area contributed by atoms with Gasteiger partial charge < -0.3 is 0 Å². The van der Waals surface area contributed by atoms with Crippen molar-refractivity contribution < 1.29 is 4.79 Å². The van der Waals surface area contributed by atoms with Gasteiger partial charge in [0.1, 0.15) is 0 Å². The van der Waals surface area contributed by atoms with Crippen molar-refractivity contribution in [3.05, 3.63) is 35.4 Å². The molecule has 0 aliphatic carbocycles. The van der Waals surface area contributed by atoms with Crippen LogP contribution in [0.3, 0.4) is 0 Å². The van der Waals surface area contributed by atoms with E-state index in [1.807, 2.05) is 24.3 Å². The number of hydrogen-bond acceptors (Lipinski definition) is 2. The molecule has 0 unspecified atom stereocenters. The lowest BCUT2D eigenvalue weighted by atomic mass is 9.97. The first-order valence-corrected chi connectivity index (χ1v) is 7.57. The molecule has 0 bridgehead atoms. The minimum Gasteiger partial charge on any atom is -0.293 e. The fourth-order valence-corrected chi connectivity index (χ4v) is 2.84. The molecule has 1 heterocycles. The van der Waals surface area contributed by atoms with Crippen LogP contribution in [-0.4, -0.2) is 29.8 Å². The molecule has 1 saturated heterocycles. The molecule has 1 aliphatic heterocycles. The number of likely N-dealkylation sites (tertiary alicyclic amines) is 1. The molecule has 1 aromatic carbocycles. The fraction of sp³-hybridized carbons (Fsp3) is 0.588. The van der Waals surface area contributed by atoms with Crippen molar-refractivity contribution in [2.75, 3.05) is 13.1 Å². The molecule has 104 valence electrons. The number of nitrogens with zero attached hydrogens (tertiary/aromatic N) is 1. The van der Waals surface area contributed by atoms with Crippen LogP contribution in [0.15, 0.2) is 24.3 Å². The van der Waals surface area contributed by atoms with Gasteiger partial charge in [0.2, 0.25) is 0 Å². The Balaban J connectivity index is 2.11. The van der Waals surface area contributed by atoms with E-state index in [0.717, 1.165) is 37.9 Å². The second-order valence-corrected chi connectivity index (χ2v) is 5.63. The molecule has 19 heavy (non-hydrogen) atoms. The summed E-state index contributed by atoms with van der Waals surface area (Å²) in [5, 5.41) is 0. The predicted molar refractivity (Wildman–Crippen MR) is 79.6 cm³/mol. The van der Waals surface area contributed by atoms with Crippen molar-refractivity contribution in [3.63, 3.8) is 0 Å². The number of hydrogen-bond donors (Lipinski definition) is 0. The number of carbonyl (C=O) groups is 1. The summed E-state index contributed by atoms with van der Waals surface area (Å²) in [5.74, 6) is 0.315. The first-order valence-electron chi connectivity index (χ1n) is 7.57. The van der Waals surface area contributed by atoms with Gasteiger partial charge in [-0.15, -0.1) is 0 Å². The molecule has 2 rings (SSSR count). The van der Waals surface area contributed by atoms with Gasteiger partial charge in [-0.05, 0) is 39.3 Å². The monoisotopic (exact) mass is 259 g/mol. The van der Waals surface area contributed by atoms with Crippen LogP contribution < -0.4 is 0 Å². The third-order valence-electron chi connectivity index (χ3n) is 4.05. The number of carbonyl (C=O) groups excluding carboxylic acids is 1. The molecule has 0 spiro atoms. The normalized spacial score (nSPS) is 17.6. The van der Waals surface area contributed by atoms with Gasteiger partial charge in [-0.2, -0.15) is 0 Å². The van der Waals surface area contributed by atoms with Crippen LogP contribution in [0.2, 0.25) is 0 Å². The molecular weight excluding hydrogens is 234 g/mol. The average molecular weight is 259 g/mol. The van der Waals surface area contributed by atoms with E-state index >= 15 is 0 Å². The van der Waals surface area contributed by atoms with Gasteiger partial charge in [0.15, 0.2) is 5.78 Å². The first kappa shape index (κ1) is 14.3. The molecule has 0 N–H and O–H groups in total. The van der Waals surface area contributed by atoms with Crippen molar-refractivity contribution in [2.45, 2.75) is 52.0 Å². The van der Waals surface area contributed by atoms with Gasteiger partial charge in [0.05, 0.1) is 6.04 Å². The Morgan fingerprint density at radius 3 is 2.42 bits per heavy atom. The largest absolute Gasteiger partial charge is 0.293 e. The lowest BCUT2D eigenvalue weighted by molar-refractivity contribution is 0.0835. The SMILES string of the molecule is CCCC[C@H](C(=O)c1ccc(C)cc1)N1CCCC1. The number of benzene rings is 1. The van der Waals surface area contributed by atoms with Crippen molar-refractivity contribution in [1.29, 1.82) is 0 Å². The van der Waals surface area contributed by atoms with Gasteiger partial charge in [0.25, 0.3) is 0 Å². The minimum atomic E-state index is 0.102. The van der Waals surface area contributed by atoms with Crippen LogP contribution in [0.25, 0.3) is 0 Å². The van der Waals surface area contributed by atoms with Crippen molar-refractivity contribution in [2.24, 2.45) is 0 Å². The Labute approximate surface area is 116 Å². The molecule has 0 amide bonds. The van der Waals surface area contributed by atoms with Crippen LogP contribution in [0, 0.1) is 6.92 Å². The standard InChI is InChI=1S/C17H25NO/c1-3-4-7-16(18-12-5-6-13-18)17(19)15-10-8-14(2)9-11-15/h8-11,16H,3-7,12-13H2,1-2H3/t16-/m1/s1. The Morgan fingerprint density at radius 2 is 1.84 bits per heavy atom. The zero-order valence-corrected chi connectivity index (χ0v) is 12.2. The quantitative estimate of drug-likeness (QED) is 0.724. The first-order chi connectivity index (χ1) is 9.22. The van der Waals surface area contributed by atoms with Crippen LogP contribution >= 0.6 is 0 Å². The lowest BCUT2D eigenvalue weighted by Gasteiger charge is -2.26. The Hall–Kier alpha value is -1.15. The van der Waals surface area contributed by atoms with Crippen molar-refractivity contribution in [3.8, 4) is 0 Å². The highest BCUT2D eigenvalue weighted by Gasteiger charge is 2.28. The maximum absolute atomic E-state index is 12.7. The molecular formula is C17H25NO. The second kappa shape index (κ2) is 6.85. The molecule has 2 nitrogen and oxygen atoms in total. The summed E-state index contributed by atoms with van der Waals surface area (Å²) < 4.78 is 0. The lowest BCUT2D eigenvalue weighted by Crippen LogP contribution is -2.39. The fourth-order valence-electron chi connectivity index (χ4n) is 2.84. The highest BCUT2D eigenvalue weighted by atomic mass is 16.1. The number of ketones is 1. The topological polar surface area (TPSA) is 20.3 Å². The van der Waals surface area contributed by atoms with Crippen LogP contribution in [0.1, 0.15) is 54.9 Å². The van der Waals surface area contributed by atoms with Crippen LogP contribution in [-0.2, 0) is 0 Å². The summed E-state index contributed by atoms with van der Waals surface area (Å²) >= 11 is 0. The average Bonchev–Trinajstić information content (AvgIpc) is 2.94. The smallest absolute Gasteiger partial charge is 0.179 e. The minimum absolute atomic E-state index is 0.102. The van der Waals surface area contributed by atoms with E-state index in [2.05, 4.69) is 18.7 Å². The molecule has 1 aliphatic rings. The maximum atomic E-state index is 12.7. The number of Topliss-reactive ketones (excluding diaryl/α,β-unsaturated/α-hetero) is 1. The molecule has 1 fully saturated rings. The molecule has 2 heteroatoms. The zero-order valence-electron chi connectivity index (χ0n) is 12.2. The Bertz CT molecular complexity index is 404. The molecule has 0 saturated carbocycles. The number of unbranched alkanes of at least 4 members (excludes halogenated alkanes) is 1. The van der Waals surface area contributed by atoms with Crippen LogP contribution in [0.4, 0.5) is 0 Å². The Morgan fingerprint density at radius 1 is 1.21 bits per heavy atom. The summed E-state index contributed by atoms with van der Waals surface area (Å²) in [6, 6.07) is 8.13. The van der Waals surface area contributed by atoms with Crippen molar-refractivity contribution in [1.82, 2.24) is 4.90 Å². The third kappa shape index (κ3) is 3.66. The molecule has 1 aromatic rings. The summed E-state index contributed by atoms with van der Waals surface area (Å²) in [5.41, 5.74) is 2.08. The third-order valence-corrected chi connectivity index (χ3v) is 4.05. The summed E-state index contributed by atoms with van der Waals surface area (Å²) in [6.07, 6.45) is 5.78. The van der Waals surface area contributed by atoms with Gasteiger partial charge in [-0.1, -0.05) is 49.6 Å². The van der Waals surface area contributed by atoms with E-state index in [1.165, 1.54) is 18.4 Å². The highest BCUT2D eigenvalue weighted by Crippen LogP contribution is 2.20. The Kier molecular flexibility index (Phi) is 5.15.